The quantitative estimate of drug-likeness (QED) is 0.819. The molecular weight excluding hydrogens is 216 g/mol. The Morgan fingerprint density at radius 3 is 2.76 bits per heavy atom. The van der Waals surface area contributed by atoms with Gasteiger partial charge in [-0.3, -0.25) is 4.79 Å². The summed E-state index contributed by atoms with van der Waals surface area (Å²) in [7, 11) is 3.31. The average molecular weight is 236 g/mol. The molecule has 0 heterocycles. The van der Waals surface area contributed by atoms with Crippen LogP contribution in [-0.2, 0) is 4.74 Å². The number of methoxy groups -OCH3 is 1. The molecule has 0 aliphatic rings. The van der Waals surface area contributed by atoms with E-state index in [0.29, 0.717) is 12.2 Å². The van der Waals surface area contributed by atoms with Crippen LogP contribution in [0.5, 0.6) is 0 Å². The summed E-state index contributed by atoms with van der Waals surface area (Å²) in [4.78, 5) is 11.6. The highest BCUT2D eigenvalue weighted by Gasteiger charge is 2.11. The molecule has 0 fully saturated rings. The van der Waals surface area contributed by atoms with E-state index in [-0.39, 0.29) is 11.9 Å². The first-order valence-corrected chi connectivity index (χ1v) is 5.67. The van der Waals surface area contributed by atoms with Crippen molar-refractivity contribution >= 4 is 11.6 Å². The first-order chi connectivity index (χ1) is 8.10. The normalized spacial score (nSPS) is 12.0. The molecule has 1 amide bonds. The fourth-order valence-corrected chi connectivity index (χ4v) is 1.73. The Hall–Kier alpha value is -1.55. The molecule has 0 radical (unpaired) electrons. The van der Waals surface area contributed by atoms with Crippen LogP contribution in [0.1, 0.15) is 22.8 Å². The van der Waals surface area contributed by atoms with Gasteiger partial charge < -0.3 is 15.4 Å². The lowest BCUT2D eigenvalue weighted by atomic mass is 10.1. The first kappa shape index (κ1) is 13.5. The minimum absolute atomic E-state index is 0.0643. The van der Waals surface area contributed by atoms with Crippen molar-refractivity contribution in [2.45, 2.75) is 19.9 Å². The second kappa shape index (κ2) is 6.25. The Bertz CT molecular complexity index is 391. The molecule has 0 aliphatic carbocycles. The van der Waals surface area contributed by atoms with Gasteiger partial charge >= 0.3 is 0 Å². The summed E-state index contributed by atoms with van der Waals surface area (Å²) < 4.78 is 5.07. The van der Waals surface area contributed by atoms with Crippen molar-refractivity contribution in [3.8, 4) is 0 Å². The Morgan fingerprint density at radius 2 is 2.18 bits per heavy atom. The van der Waals surface area contributed by atoms with E-state index in [1.807, 2.05) is 32.0 Å². The van der Waals surface area contributed by atoms with Crippen LogP contribution in [0.15, 0.2) is 18.2 Å². The van der Waals surface area contributed by atoms with Crippen LogP contribution in [0.4, 0.5) is 5.69 Å². The van der Waals surface area contributed by atoms with Crippen molar-refractivity contribution in [3.63, 3.8) is 0 Å². The van der Waals surface area contributed by atoms with E-state index in [2.05, 4.69) is 10.6 Å². The van der Waals surface area contributed by atoms with Gasteiger partial charge in [0.2, 0.25) is 0 Å². The van der Waals surface area contributed by atoms with Gasteiger partial charge in [0.1, 0.15) is 0 Å². The van der Waals surface area contributed by atoms with Gasteiger partial charge in [-0.15, -0.1) is 0 Å². The van der Waals surface area contributed by atoms with Crippen molar-refractivity contribution in [1.29, 1.82) is 0 Å². The van der Waals surface area contributed by atoms with E-state index in [1.165, 1.54) is 0 Å². The van der Waals surface area contributed by atoms with Crippen LogP contribution in [0.3, 0.4) is 0 Å². The predicted octanol–water partition coefficient (Wildman–Crippen LogP) is 1.80. The third-order valence-electron chi connectivity index (χ3n) is 2.62. The fourth-order valence-electron chi connectivity index (χ4n) is 1.73. The third-order valence-corrected chi connectivity index (χ3v) is 2.62. The second-order valence-electron chi connectivity index (χ2n) is 4.06. The van der Waals surface area contributed by atoms with E-state index in [1.54, 1.807) is 14.2 Å². The monoisotopic (exact) mass is 236 g/mol. The van der Waals surface area contributed by atoms with Crippen molar-refractivity contribution in [2.75, 3.05) is 26.1 Å². The second-order valence-corrected chi connectivity index (χ2v) is 4.06. The summed E-state index contributed by atoms with van der Waals surface area (Å²) in [6.07, 6.45) is 0. The maximum atomic E-state index is 11.6. The van der Waals surface area contributed by atoms with Crippen molar-refractivity contribution in [3.05, 3.63) is 29.3 Å². The number of hydrogen-bond acceptors (Lipinski definition) is 3. The largest absolute Gasteiger partial charge is 0.383 e. The zero-order chi connectivity index (χ0) is 12.8. The van der Waals surface area contributed by atoms with E-state index < -0.39 is 0 Å². The lowest BCUT2D eigenvalue weighted by molar-refractivity contribution is 0.0962. The molecule has 17 heavy (non-hydrogen) atoms. The van der Waals surface area contributed by atoms with Crippen LogP contribution >= 0.6 is 0 Å². The zero-order valence-corrected chi connectivity index (χ0v) is 10.8. The topological polar surface area (TPSA) is 50.4 Å². The highest BCUT2D eigenvalue weighted by atomic mass is 16.5. The molecular formula is C13H20N2O2. The van der Waals surface area contributed by atoms with Crippen LogP contribution in [0, 0.1) is 6.92 Å². The number of nitrogens with one attached hydrogen (secondary N) is 2. The van der Waals surface area contributed by atoms with Crippen LogP contribution < -0.4 is 10.6 Å². The van der Waals surface area contributed by atoms with E-state index in [9.17, 15) is 4.79 Å². The molecule has 1 aromatic rings. The van der Waals surface area contributed by atoms with Gasteiger partial charge in [-0.25, -0.2) is 0 Å². The Labute approximate surface area is 102 Å². The Balaban J connectivity index is 2.90. The van der Waals surface area contributed by atoms with Gasteiger partial charge in [0.15, 0.2) is 0 Å². The minimum atomic E-state index is -0.0643. The van der Waals surface area contributed by atoms with Crippen molar-refractivity contribution in [1.82, 2.24) is 5.32 Å². The first-order valence-electron chi connectivity index (χ1n) is 5.67. The maximum Gasteiger partial charge on any atom is 0.251 e. The van der Waals surface area contributed by atoms with Gasteiger partial charge in [-0.1, -0.05) is 6.07 Å². The molecule has 4 heteroatoms. The molecule has 4 nitrogen and oxygen atoms in total. The molecule has 1 rings (SSSR count). The molecule has 1 atom stereocenters. The van der Waals surface area contributed by atoms with Gasteiger partial charge in [0.05, 0.1) is 6.61 Å². The number of benzene rings is 1. The van der Waals surface area contributed by atoms with Gasteiger partial charge in [-0.2, -0.15) is 0 Å². The van der Waals surface area contributed by atoms with Crippen LogP contribution in [0.2, 0.25) is 0 Å². The number of carbonyl (C=O) groups is 1. The number of ether oxygens (including phenoxy) is 1. The standard InChI is InChI=1S/C13H20N2O2/c1-9(8-17-4)15-12-7-5-6-11(10(12)2)13(16)14-3/h5-7,9,15H,8H2,1-4H3,(H,14,16). The van der Waals surface area contributed by atoms with E-state index in [0.717, 1.165) is 11.3 Å². The molecule has 1 aromatic carbocycles. The number of rotatable bonds is 5. The van der Waals surface area contributed by atoms with Gasteiger partial charge in [0.25, 0.3) is 5.91 Å². The lowest BCUT2D eigenvalue weighted by Crippen LogP contribution is -2.23. The molecule has 94 valence electrons. The highest BCUT2D eigenvalue weighted by Crippen LogP contribution is 2.19. The number of hydrogen-bond donors (Lipinski definition) is 2. The molecule has 0 bridgehead atoms. The molecule has 0 saturated heterocycles. The summed E-state index contributed by atoms with van der Waals surface area (Å²) in [6.45, 7) is 4.60. The number of anilines is 1. The molecule has 0 saturated carbocycles. The van der Waals surface area contributed by atoms with Crippen LogP contribution in [-0.4, -0.2) is 32.7 Å². The summed E-state index contributed by atoms with van der Waals surface area (Å²) in [6, 6.07) is 5.87. The average Bonchev–Trinajstić information content (AvgIpc) is 2.31. The van der Waals surface area contributed by atoms with E-state index >= 15 is 0 Å². The summed E-state index contributed by atoms with van der Waals surface area (Å²) in [5, 5.41) is 5.96. The summed E-state index contributed by atoms with van der Waals surface area (Å²) in [5.41, 5.74) is 2.62. The predicted molar refractivity (Wildman–Crippen MR) is 69.5 cm³/mol. The lowest BCUT2D eigenvalue weighted by Gasteiger charge is -2.17. The number of amides is 1. The van der Waals surface area contributed by atoms with Gasteiger partial charge in [0, 0.05) is 31.5 Å². The molecule has 2 N–H and O–H groups in total. The summed E-state index contributed by atoms with van der Waals surface area (Å²) >= 11 is 0. The minimum Gasteiger partial charge on any atom is -0.383 e. The maximum absolute atomic E-state index is 11.6. The Kier molecular flexibility index (Phi) is 4.97. The summed E-state index contributed by atoms with van der Waals surface area (Å²) in [5.74, 6) is -0.0643. The molecule has 0 aromatic heterocycles. The smallest absolute Gasteiger partial charge is 0.251 e. The zero-order valence-electron chi connectivity index (χ0n) is 10.8. The number of carbonyl (C=O) groups excluding carboxylic acids is 1. The van der Waals surface area contributed by atoms with Crippen molar-refractivity contribution < 1.29 is 9.53 Å². The van der Waals surface area contributed by atoms with Gasteiger partial charge in [-0.05, 0) is 31.5 Å². The Morgan fingerprint density at radius 1 is 1.47 bits per heavy atom. The molecule has 0 spiro atoms. The molecule has 1 unspecified atom stereocenters. The molecule has 0 aliphatic heterocycles. The highest BCUT2D eigenvalue weighted by molar-refractivity contribution is 5.96. The van der Waals surface area contributed by atoms with E-state index in [4.69, 9.17) is 4.74 Å². The van der Waals surface area contributed by atoms with Crippen LogP contribution in [0.25, 0.3) is 0 Å². The van der Waals surface area contributed by atoms with Crippen molar-refractivity contribution in [2.24, 2.45) is 0 Å². The SMILES string of the molecule is CNC(=O)c1cccc(NC(C)COC)c1C. The fraction of sp³-hybridized carbons (Fsp3) is 0.462. The third kappa shape index (κ3) is 3.46.